The van der Waals surface area contributed by atoms with Crippen LogP contribution in [0.4, 0.5) is 40.5 Å². The molecule has 2 heterocycles. The largest absolute Gasteiger partial charge is 0.397 e. The van der Waals surface area contributed by atoms with E-state index in [0.29, 0.717) is 11.4 Å². The molecule has 19 heavy (non-hydrogen) atoms. The van der Waals surface area contributed by atoms with E-state index in [4.69, 9.17) is 40.1 Å². The lowest BCUT2D eigenvalue weighted by Gasteiger charge is -2.01. The van der Waals surface area contributed by atoms with Gasteiger partial charge in [0.05, 0.1) is 11.4 Å². The van der Waals surface area contributed by atoms with Crippen molar-refractivity contribution in [3.63, 3.8) is 0 Å². The molecule has 0 radical (unpaired) electrons. The number of nitrogens with two attached hydrogens (primary N) is 7. The van der Waals surface area contributed by atoms with Crippen LogP contribution in [0.2, 0.25) is 0 Å². The zero-order valence-electron chi connectivity index (χ0n) is 10.0. The molecule has 0 spiro atoms. The molecule has 0 fully saturated rings. The second kappa shape index (κ2) is 5.44. The molecule has 0 saturated carbocycles. The molecule has 0 bridgehead atoms. The maximum absolute atomic E-state index is 5.38. The number of hydrogen-bond donors (Lipinski definition) is 7. The van der Waals surface area contributed by atoms with Gasteiger partial charge in [-0.15, -0.1) is 0 Å². The first-order valence-electron chi connectivity index (χ1n) is 5.02. The van der Waals surface area contributed by atoms with Gasteiger partial charge in [-0.05, 0) is 6.07 Å². The van der Waals surface area contributed by atoms with Crippen molar-refractivity contribution in [2.45, 2.75) is 0 Å². The lowest BCUT2D eigenvalue weighted by atomic mass is 10.3. The third-order valence-electron chi connectivity index (χ3n) is 2.08. The first-order chi connectivity index (χ1) is 8.82. The van der Waals surface area contributed by atoms with Crippen molar-refractivity contribution < 1.29 is 0 Å². The Hall–Kier alpha value is -3.17. The summed E-state index contributed by atoms with van der Waals surface area (Å²) in [4.78, 5) is 10.9. The maximum atomic E-state index is 5.38. The van der Waals surface area contributed by atoms with E-state index in [1.807, 2.05) is 0 Å². The number of rotatable bonds is 0. The first kappa shape index (κ1) is 13.9. The molecule has 0 unspecified atom stereocenters. The maximum Gasteiger partial charge on any atom is 0.224 e. The monoisotopic (exact) mass is 264 g/mol. The van der Waals surface area contributed by atoms with Crippen LogP contribution in [-0.2, 0) is 0 Å². The fourth-order valence-corrected chi connectivity index (χ4v) is 1.03. The zero-order valence-corrected chi connectivity index (χ0v) is 10.0. The van der Waals surface area contributed by atoms with Crippen molar-refractivity contribution in [2.24, 2.45) is 0 Å². The van der Waals surface area contributed by atoms with Crippen LogP contribution in [0.25, 0.3) is 0 Å². The Morgan fingerprint density at radius 2 is 1.21 bits per heavy atom. The predicted octanol–water partition coefficient (Wildman–Crippen LogP) is -1.37. The third kappa shape index (κ3) is 3.39. The molecule has 0 saturated heterocycles. The molecule has 102 valence electrons. The summed E-state index contributed by atoms with van der Waals surface area (Å²) < 4.78 is 0. The molecule has 0 aromatic carbocycles. The summed E-state index contributed by atoms with van der Waals surface area (Å²) in [6.45, 7) is 0. The highest BCUT2D eigenvalue weighted by molar-refractivity contribution is 5.73. The van der Waals surface area contributed by atoms with Gasteiger partial charge in [-0.25, -0.2) is 4.98 Å². The van der Waals surface area contributed by atoms with Crippen molar-refractivity contribution in [3.05, 3.63) is 12.3 Å². The number of nitrogens with zero attached hydrogens (tertiary/aromatic N) is 3. The van der Waals surface area contributed by atoms with E-state index in [1.165, 1.54) is 6.20 Å². The van der Waals surface area contributed by atoms with Crippen LogP contribution in [0.1, 0.15) is 0 Å². The minimum absolute atomic E-state index is 0.0317. The van der Waals surface area contributed by atoms with Crippen LogP contribution in [-0.4, -0.2) is 15.0 Å². The van der Waals surface area contributed by atoms with Gasteiger partial charge < -0.3 is 40.1 Å². The van der Waals surface area contributed by atoms with Crippen LogP contribution in [0.5, 0.6) is 0 Å². The van der Waals surface area contributed by atoms with E-state index < -0.39 is 0 Å². The Balaban J connectivity index is 0.000000191. The van der Waals surface area contributed by atoms with Crippen molar-refractivity contribution >= 4 is 40.5 Å². The first-order valence-corrected chi connectivity index (χ1v) is 5.02. The standard InChI is InChI=1S/C5H8N4.C4H8N6/c6-3-1-2-9-5(8)4(3)7;5-1-2(6)9-4(8)10-3(1)7/h1-2H,7H2,(H4,6,8,9);5H2,(H6,6,7,8,9,10). The summed E-state index contributed by atoms with van der Waals surface area (Å²) in [6, 6.07) is 1.60. The second-order valence-electron chi connectivity index (χ2n) is 3.47. The summed E-state index contributed by atoms with van der Waals surface area (Å²) in [5.41, 5.74) is 38.1. The highest BCUT2D eigenvalue weighted by Gasteiger charge is 2.02. The van der Waals surface area contributed by atoms with Gasteiger partial charge in [0.25, 0.3) is 0 Å². The zero-order chi connectivity index (χ0) is 14.6. The van der Waals surface area contributed by atoms with Gasteiger partial charge in [-0.2, -0.15) is 9.97 Å². The molecule has 0 aliphatic heterocycles. The Kier molecular flexibility index (Phi) is 3.98. The van der Waals surface area contributed by atoms with Crippen LogP contribution >= 0.6 is 0 Å². The second-order valence-corrected chi connectivity index (χ2v) is 3.47. The molecule has 2 aromatic rings. The van der Waals surface area contributed by atoms with E-state index in [-0.39, 0.29) is 29.1 Å². The van der Waals surface area contributed by atoms with Gasteiger partial charge in [0.2, 0.25) is 5.95 Å². The van der Waals surface area contributed by atoms with E-state index in [0.717, 1.165) is 0 Å². The van der Waals surface area contributed by atoms with Gasteiger partial charge in [0.1, 0.15) is 11.5 Å². The van der Waals surface area contributed by atoms with E-state index in [9.17, 15) is 0 Å². The average Bonchev–Trinajstić information content (AvgIpc) is 2.33. The van der Waals surface area contributed by atoms with Crippen LogP contribution in [0.3, 0.4) is 0 Å². The molecule has 10 nitrogen and oxygen atoms in total. The smallest absolute Gasteiger partial charge is 0.224 e. The van der Waals surface area contributed by atoms with Crippen LogP contribution in [0, 0.1) is 0 Å². The summed E-state index contributed by atoms with van der Waals surface area (Å²) in [5, 5.41) is 0. The summed E-state index contributed by atoms with van der Waals surface area (Å²) in [7, 11) is 0. The lowest BCUT2D eigenvalue weighted by molar-refractivity contribution is 1.21. The van der Waals surface area contributed by atoms with E-state index in [1.54, 1.807) is 6.07 Å². The molecular formula is C9H16N10. The van der Waals surface area contributed by atoms with Crippen molar-refractivity contribution in [3.8, 4) is 0 Å². The van der Waals surface area contributed by atoms with E-state index >= 15 is 0 Å². The summed E-state index contributed by atoms with van der Waals surface area (Å²) in [6.07, 6.45) is 1.51. The molecule has 0 aliphatic rings. The van der Waals surface area contributed by atoms with Crippen LogP contribution < -0.4 is 40.1 Å². The van der Waals surface area contributed by atoms with Gasteiger partial charge in [-0.1, -0.05) is 0 Å². The molecular weight excluding hydrogens is 248 g/mol. The normalized spacial score (nSPS) is 9.47. The van der Waals surface area contributed by atoms with Gasteiger partial charge in [-0.3, -0.25) is 0 Å². The molecule has 10 heteroatoms. The Labute approximate surface area is 109 Å². The quantitative estimate of drug-likeness (QED) is 0.295. The molecule has 2 aromatic heterocycles. The van der Waals surface area contributed by atoms with Gasteiger partial charge in [0, 0.05) is 6.20 Å². The Bertz CT molecular complexity index is 538. The van der Waals surface area contributed by atoms with Crippen LogP contribution in [0.15, 0.2) is 12.3 Å². The van der Waals surface area contributed by atoms with Crippen molar-refractivity contribution in [1.29, 1.82) is 0 Å². The van der Waals surface area contributed by atoms with Gasteiger partial charge in [0.15, 0.2) is 11.6 Å². The molecule has 14 N–H and O–H groups in total. The highest BCUT2D eigenvalue weighted by Crippen LogP contribution is 2.18. The summed E-state index contributed by atoms with van der Waals surface area (Å²) >= 11 is 0. The number of aromatic nitrogens is 3. The van der Waals surface area contributed by atoms with Crippen molar-refractivity contribution in [1.82, 2.24) is 15.0 Å². The molecule has 2 rings (SSSR count). The topological polar surface area (TPSA) is 221 Å². The fraction of sp³-hybridized carbons (Fsp3) is 0. The molecule has 0 aliphatic carbocycles. The number of nitrogen functional groups attached to an aromatic ring is 7. The third-order valence-corrected chi connectivity index (χ3v) is 2.08. The average molecular weight is 264 g/mol. The molecule has 0 amide bonds. The number of hydrogen-bond acceptors (Lipinski definition) is 10. The summed E-state index contributed by atoms with van der Waals surface area (Å²) in [5.74, 6) is 0.550. The highest BCUT2D eigenvalue weighted by atomic mass is 15.1. The van der Waals surface area contributed by atoms with Crippen molar-refractivity contribution in [2.75, 3.05) is 40.1 Å². The minimum atomic E-state index is 0.0317. The SMILES string of the molecule is Nc1ccnc(N)c1N.Nc1nc(N)c(N)c(N)n1. The fourth-order valence-electron chi connectivity index (χ4n) is 1.03. The number of pyridine rings is 1. The number of anilines is 7. The van der Waals surface area contributed by atoms with Gasteiger partial charge >= 0.3 is 0 Å². The molecule has 0 atom stereocenters. The van der Waals surface area contributed by atoms with E-state index in [2.05, 4.69) is 15.0 Å². The minimum Gasteiger partial charge on any atom is -0.397 e. The predicted molar refractivity (Wildman–Crippen MR) is 77.2 cm³/mol. The Morgan fingerprint density at radius 1 is 0.684 bits per heavy atom. The lowest BCUT2D eigenvalue weighted by Crippen LogP contribution is -2.07. The Morgan fingerprint density at radius 3 is 1.63 bits per heavy atom.